The lowest BCUT2D eigenvalue weighted by atomic mass is 10.3. The number of nitrogens with two attached hydrogens (primary N) is 2. The number of fused-ring (bicyclic) bond motifs is 1. The molecule has 2 aromatic heterocycles. The molecule has 0 saturated carbocycles. The van der Waals surface area contributed by atoms with Crippen molar-refractivity contribution in [1.82, 2.24) is 19.5 Å². The third-order valence-electron chi connectivity index (χ3n) is 3.43. The summed E-state index contributed by atoms with van der Waals surface area (Å²) in [4.78, 5) is 8.92. The number of nitriles is 1. The second-order valence-corrected chi connectivity index (χ2v) is 6.12. The third kappa shape index (κ3) is 3.40. The maximum atomic E-state index is 8.97. The van der Waals surface area contributed by atoms with Gasteiger partial charge in [0, 0.05) is 12.8 Å². The van der Waals surface area contributed by atoms with Crippen LogP contribution in [0.2, 0.25) is 0 Å². The molecule has 0 atom stereocenters. The molecule has 0 radical (unpaired) electrons. The number of hydrogen-bond donors (Lipinski definition) is 2. The predicted octanol–water partition coefficient (Wildman–Crippen LogP) is 1.48. The zero-order valence-electron chi connectivity index (χ0n) is 13.5. The summed E-state index contributed by atoms with van der Waals surface area (Å²) in [6.07, 6.45) is 0. The van der Waals surface area contributed by atoms with Gasteiger partial charge in [-0.25, -0.2) is 15.8 Å². The smallest absolute Gasteiger partial charge is 0.243 e. The Kier molecular flexibility index (Phi) is 4.83. The third-order valence-corrected chi connectivity index (χ3v) is 4.40. The Hall–Kier alpha value is -3.09. The predicted molar refractivity (Wildman–Crippen MR) is 97.2 cm³/mol. The van der Waals surface area contributed by atoms with E-state index in [9.17, 15) is 0 Å². The van der Waals surface area contributed by atoms with E-state index in [1.165, 1.54) is 16.8 Å². The van der Waals surface area contributed by atoms with Crippen molar-refractivity contribution in [3.05, 3.63) is 53.9 Å². The van der Waals surface area contributed by atoms with Gasteiger partial charge in [0.2, 0.25) is 5.96 Å². The second-order valence-electron chi connectivity index (χ2n) is 5.17. The number of aromatic nitrogens is 3. The minimum absolute atomic E-state index is 0.370. The van der Waals surface area contributed by atoms with E-state index >= 15 is 0 Å². The van der Waals surface area contributed by atoms with E-state index in [1.54, 1.807) is 17.7 Å². The molecule has 2 heterocycles. The molecular weight excluding hydrogens is 336 g/mol. The summed E-state index contributed by atoms with van der Waals surface area (Å²) in [5.74, 6) is 12.3. The molecule has 126 valence electrons. The lowest BCUT2D eigenvalue weighted by Gasteiger charge is -2.17. The second kappa shape index (κ2) is 7.21. The van der Waals surface area contributed by atoms with E-state index in [4.69, 9.17) is 16.9 Å². The standard InChI is InChI=1S/C16H16N8S/c1-23(19)15(22-18)24-14-8-3-2-7-13(14)21-16(24)25-10-12-6-4-5-11(9-17)20-12/h2-8H,10,18-19H2,1H3/b22-15+. The topological polar surface area (TPSA) is 122 Å². The first-order valence-corrected chi connectivity index (χ1v) is 8.35. The highest BCUT2D eigenvalue weighted by Crippen LogP contribution is 2.26. The van der Waals surface area contributed by atoms with Gasteiger partial charge in [0.15, 0.2) is 5.16 Å². The lowest BCUT2D eigenvalue weighted by Crippen LogP contribution is -2.39. The first-order valence-electron chi connectivity index (χ1n) is 7.37. The molecule has 0 fully saturated rings. The molecule has 3 rings (SSSR count). The van der Waals surface area contributed by atoms with E-state index in [0.29, 0.717) is 22.6 Å². The van der Waals surface area contributed by atoms with Crippen molar-refractivity contribution < 1.29 is 0 Å². The summed E-state index contributed by atoms with van der Waals surface area (Å²) >= 11 is 1.47. The molecule has 9 heteroatoms. The van der Waals surface area contributed by atoms with Crippen LogP contribution < -0.4 is 11.7 Å². The number of hydrazone groups is 1. The van der Waals surface area contributed by atoms with E-state index in [1.807, 2.05) is 42.5 Å². The Morgan fingerprint density at radius 3 is 2.80 bits per heavy atom. The molecule has 0 bridgehead atoms. The Morgan fingerprint density at radius 2 is 2.08 bits per heavy atom. The maximum Gasteiger partial charge on any atom is 0.243 e. The number of para-hydroxylation sites is 2. The monoisotopic (exact) mass is 352 g/mol. The van der Waals surface area contributed by atoms with Crippen molar-refractivity contribution in [1.29, 1.82) is 5.26 Å². The molecule has 0 aliphatic heterocycles. The highest BCUT2D eigenvalue weighted by Gasteiger charge is 2.17. The van der Waals surface area contributed by atoms with Gasteiger partial charge in [0.05, 0.1) is 16.7 Å². The normalized spacial score (nSPS) is 11.5. The molecule has 0 amide bonds. The number of benzene rings is 1. The fourth-order valence-corrected chi connectivity index (χ4v) is 3.27. The van der Waals surface area contributed by atoms with Crippen LogP contribution in [0.25, 0.3) is 11.0 Å². The van der Waals surface area contributed by atoms with E-state index in [-0.39, 0.29) is 0 Å². The van der Waals surface area contributed by atoms with Crippen LogP contribution in [0, 0.1) is 11.3 Å². The summed E-state index contributed by atoms with van der Waals surface area (Å²) in [7, 11) is 1.66. The Balaban J connectivity index is 1.99. The van der Waals surface area contributed by atoms with Gasteiger partial charge in [-0.3, -0.25) is 9.58 Å². The van der Waals surface area contributed by atoms with E-state index < -0.39 is 0 Å². The lowest BCUT2D eigenvalue weighted by molar-refractivity contribution is 0.511. The Labute approximate surface area is 148 Å². The van der Waals surface area contributed by atoms with Gasteiger partial charge >= 0.3 is 0 Å². The molecule has 0 unspecified atom stereocenters. The average Bonchev–Trinajstić information content (AvgIpc) is 2.99. The summed E-state index contributed by atoms with van der Waals surface area (Å²) in [6.45, 7) is 0. The fourth-order valence-electron chi connectivity index (χ4n) is 2.36. The van der Waals surface area contributed by atoms with E-state index in [0.717, 1.165) is 16.7 Å². The SMILES string of the molecule is CN(N)/C(=N\N)n1c(SCc2cccc(C#N)n2)nc2ccccc21. The molecule has 8 nitrogen and oxygen atoms in total. The van der Waals surface area contributed by atoms with Crippen molar-refractivity contribution in [2.45, 2.75) is 10.9 Å². The van der Waals surface area contributed by atoms with Crippen LogP contribution in [0.3, 0.4) is 0 Å². The van der Waals surface area contributed by atoms with Crippen LogP contribution >= 0.6 is 11.8 Å². The van der Waals surface area contributed by atoms with Crippen molar-refractivity contribution in [2.24, 2.45) is 16.8 Å². The zero-order valence-corrected chi connectivity index (χ0v) is 14.3. The quantitative estimate of drug-likeness (QED) is 0.241. The van der Waals surface area contributed by atoms with Crippen LogP contribution in [0.5, 0.6) is 0 Å². The van der Waals surface area contributed by atoms with Gasteiger partial charge < -0.3 is 5.84 Å². The van der Waals surface area contributed by atoms with Crippen LogP contribution in [-0.4, -0.2) is 32.6 Å². The molecule has 0 aliphatic rings. The van der Waals surface area contributed by atoms with Gasteiger partial charge in [0.25, 0.3) is 0 Å². The molecule has 0 spiro atoms. The van der Waals surface area contributed by atoms with Crippen molar-refractivity contribution in [2.75, 3.05) is 7.05 Å². The summed E-state index contributed by atoms with van der Waals surface area (Å²) in [6, 6.07) is 15.1. The highest BCUT2D eigenvalue weighted by atomic mass is 32.2. The van der Waals surface area contributed by atoms with Crippen molar-refractivity contribution in [3.63, 3.8) is 0 Å². The molecule has 0 aliphatic carbocycles. The minimum Gasteiger partial charge on any atom is -0.320 e. The van der Waals surface area contributed by atoms with E-state index in [2.05, 4.69) is 15.1 Å². The number of hydrogen-bond acceptors (Lipinski definition) is 7. The van der Waals surface area contributed by atoms with Crippen molar-refractivity contribution >= 4 is 28.8 Å². The van der Waals surface area contributed by atoms with Gasteiger partial charge in [-0.2, -0.15) is 5.26 Å². The molecule has 4 N–H and O–H groups in total. The number of thioether (sulfide) groups is 1. The minimum atomic E-state index is 0.370. The van der Waals surface area contributed by atoms with Gasteiger partial charge in [-0.15, -0.1) is 5.10 Å². The summed E-state index contributed by atoms with van der Waals surface area (Å²) in [5, 5.41) is 14.8. The van der Waals surface area contributed by atoms with Crippen molar-refractivity contribution in [3.8, 4) is 6.07 Å². The average molecular weight is 352 g/mol. The summed E-state index contributed by atoms with van der Waals surface area (Å²) < 4.78 is 1.80. The number of hydrazine groups is 1. The number of nitrogens with zero attached hydrogens (tertiary/aromatic N) is 6. The van der Waals surface area contributed by atoms with Crippen LogP contribution in [0.1, 0.15) is 11.4 Å². The molecule has 25 heavy (non-hydrogen) atoms. The van der Waals surface area contributed by atoms with Gasteiger partial charge in [-0.05, 0) is 24.3 Å². The number of rotatable bonds is 3. The Morgan fingerprint density at radius 1 is 1.28 bits per heavy atom. The zero-order chi connectivity index (χ0) is 17.8. The molecular formula is C16H16N8S. The molecule has 1 aromatic carbocycles. The van der Waals surface area contributed by atoms with Crippen LogP contribution in [0.15, 0.2) is 52.7 Å². The maximum absolute atomic E-state index is 8.97. The molecule has 3 aromatic rings. The van der Waals surface area contributed by atoms with Crippen LogP contribution in [-0.2, 0) is 5.75 Å². The number of pyridine rings is 1. The van der Waals surface area contributed by atoms with Gasteiger partial charge in [-0.1, -0.05) is 30.0 Å². The Bertz CT molecular complexity index is 970. The van der Waals surface area contributed by atoms with Gasteiger partial charge in [0.1, 0.15) is 11.8 Å². The first kappa shape index (κ1) is 16.8. The number of imidazole rings is 1. The largest absolute Gasteiger partial charge is 0.320 e. The van der Waals surface area contributed by atoms with Crippen LogP contribution in [0.4, 0.5) is 0 Å². The summed E-state index contributed by atoms with van der Waals surface area (Å²) in [5.41, 5.74) is 2.84. The molecule has 0 saturated heterocycles. The fraction of sp³-hybridized carbons (Fsp3) is 0.125. The highest BCUT2D eigenvalue weighted by molar-refractivity contribution is 7.98. The first-order chi connectivity index (χ1) is 12.1.